The first kappa shape index (κ1) is 17.4. The number of esters is 1. The van der Waals surface area contributed by atoms with Crippen LogP contribution in [0, 0.1) is 5.82 Å². The van der Waals surface area contributed by atoms with Gasteiger partial charge >= 0.3 is 5.97 Å². The van der Waals surface area contributed by atoms with Crippen LogP contribution in [0.5, 0.6) is 11.5 Å². The monoisotopic (exact) mass is 353 g/mol. The number of cyclic esters (lactones) is 1. The first-order valence-corrected chi connectivity index (χ1v) is 7.82. The van der Waals surface area contributed by atoms with Crippen LogP contribution in [0.3, 0.4) is 0 Å². The summed E-state index contributed by atoms with van der Waals surface area (Å²) in [6.07, 6.45) is 3.11. The fourth-order valence-corrected chi connectivity index (χ4v) is 2.41. The third-order valence-corrected chi connectivity index (χ3v) is 3.59. The summed E-state index contributed by atoms with van der Waals surface area (Å²) in [4.78, 5) is 16.3. The number of benzene rings is 2. The number of halogens is 1. The van der Waals surface area contributed by atoms with Gasteiger partial charge in [0, 0.05) is 5.56 Å². The number of methoxy groups -OCH3 is 1. The van der Waals surface area contributed by atoms with E-state index in [1.54, 1.807) is 36.4 Å². The first-order valence-electron chi connectivity index (χ1n) is 7.82. The number of ether oxygens (including phenoxy) is 3. The zero-order valence-electron chi connectivity index (χ0n) is 14.1. The number of aliphatic imine (C=N–C) groups is 1. The van der Waals surface area contributed by atoms with E-state index in [0.717, 1.165) is 0 Å². The van der Waals surface area contributed by atoms with Crippen LogP contribution < -0.4 is 9.47 Å². The third kappa shape index (κ3) is 3.49. The van der Waals surface area contributed by atoms with Crippen LogP contribution in [0.4, 0.5) is 4.39 Å². The molecule has 132 valence electrons. The molecule has 0 atom stereocenters. The van der Waals surface area contributed by atoms with E-state index in [2.05, 4.69) is 11.6 Å². The molecule has 2 aromatic carbocycles. The Kier molecular flexibility index (Phi) is 5.12. The van der Waals surface area contributed by atoms with Gasteiger partial charge in [0.05, 0.1) is 12.7 Å². The number of nitrogens with zero attached hydrogens (tertiary/aromatic N) is 1. The van der Waals surface area contributed by atoms with Gasteiger partial charge in [-0.2, -0.15) is 0 Å². The Morgan fingerprint density at radius 1 is 1.23 bits per heavy atom. The first-order chi connectivity index (χ1) is 12.6. The normalized spacial score (nSPS) is 14.8. The van der Waals surface area contributed by atoms with Crippen LogP contribution in [-0.2, 0) is 9.53 Å². The summed E-state index contributed by atoms with van der Waals surface area (Å²) >= 11 is 0. The average molecular weight is 353 g/mol. The maximum atomic E-state index is 13.9. The molecule has 0 amide bonds. The van der Waals surface area contributed by atoms with Crippen molar-refractivity contribution in [1.82, 2.24) is 0 Å². The van der Waals surface area contributed by atoms with E-state index in [-0.39, 0.29) is 23.8 Å². The summed E-state index contributed by atoms with van der Waals surface area (Å²) < 4.78 is 29.9. The summed E-state index contributed by atoms with van der Waals surface area (Å²) in [5.41, 5.74) is 0.745. The molecule has 5 nitrogen and oxygen atoms in total. The van der Waals surface area contributed by atoms with Crippen LogP contribution in [0.1, 0.15) is 11.1 Å². The smallest absolute Gasteiger partial charge is 0.363 e. The fourth-order valence-electron chi connectivity index (χ4n) is 2.41. The molecule has 0 saturated heterocycles. The van der Waals surface area contributed by atoms with Crippen LogP contribution in [-0.4, -0.2) is 25.6 Å². The predicted molar refractivity (Wildman–Crippen MR) is 95.7 cm³/mol. The lowest BCUT2D eigenvalue weighted by atomic mass is 10.1. The summed E-state index contributed by atoms with van der Waals surface area (Å²) in [5.74, 6) is -0.302. The van der Waals surface area contributed by atoms with Crippen molar-refractivity contribution in [2.24, 2.45) is 4.99 Å². The number of para-hydroxylation sites is 1. The van der Waals surface area contributed by atoms with Gasteiger partial charge in [-0.25, -0.2) is 14.2 Å². The molecule has 0 saturated carbocycles. The lowest BCUT2D eigenvalue weighted by Gasteiger charge is -2.12. The molecular formula is C20H16FNO4. The molecule has 0 aromatic heterocycles. The van der Waals surface area contributed by atoms with E-state index in [1.807, 2.05) is 0 Å². The van der Waals surface area contributed by atoms with Crippen molar-refractivity contribution in [2.75, 3.05) is 13.7 Å². The van der Waals surface area contributed by atoms with Gasteiger partial charge in [0.25, 0.3) is 0 Å². The molecule has 0 spiro atoms. The molecule has 26 heavy (non-hydrogen) atoms. The number of hydrogen-bond donors (Lipinski definition) is 0. The van der Waals surface area contributed by atoms with Crippen molar-refractivity contribution in [1.29, 1.82) is 0 Å². The minimum Gasteiger partial charge on any atom is -0.493 e. The molecule has 0 fully saturated rings. The summed E-state index contributed by atoms with van der Waals surface area (Å²) in [6.45, 7) is 3.88. The molecule has 0 radical (unpaired) electrons. The summed E-state index contributed by atoms with van der Waals surface area (Å²) in [7, 11) is 1.52. The fraction of sp³-hybridized carbons (Fsp3) is 0.100. The highest BCUT2D eigenvalue weighted by Crippen LogP contribution is 2.33. The van der Waals surface area contributed by atoms with Gasteiger partial charge in [0.1, 0.15) is 12.4 Å². The second kappa shape index (κ2) is 7.65. The molecule has 0 N–H and O–H groups in total. The number of carbonyl (C=O) groups excluding carboxylic acids is 1. The Bertz CT molecular complexity index is 918. The molecule has 2 aromatic rings. The highest BCUT2D eigenvalue weighted by molar-refractivity contribution is 6.13. The molecule has 1 aliphatic heterocycles. The zero-order chi connectivity index (χ0) is 18.5. The lowest BCUT2D eigenvalue weighted by molar-refractivity contribution is -0.129. The Labute approximate surface area is 150 Å². The van der Waals surface area contributed by atoms with E-state index in [4.69, 9.17) is 14.2 Å². The van der Waals surface area contributed by atoms with Gasteiger partial charge in [-0.15, -0.1) is 0 Å². The topological polar surface area (TPSA) is 57.1 Å². The maximum absolute atomic E-state index is 13.9. The van der Waals surface area contributed by atoms with Gasteiger partial charge in [0.15, 0.2) is 17.2 Å². The van der Waals surface area contributed by atoms with Crippen LogP contribution in [0.2, 0.25) is 0 Å². The Hall–Kier alpha value is -3.41. The maximum Gasteiger partial charge on any atom is 0.363 e. The minimum atomic E-state index is -0.666. The molecule has 0 bridgehead atoms. The second-order valence-electron chi connectivity index (χ2n) is 5.29. The molecular weight excluding hydrogens is 337 g/mol. The molecule has 6 heteroatoms. The molecule has 0 unspecified atom stereocenters. The zero-order valence-corrected chi connectivity index (χ0v) is 14.1. The van der Waals surface area contributed by atoms with E-state index in [0.29, 0.717) is 17.1 Å². The van der Waals surface area contributed by atoms with Gasteiger partial charge in [-0.3, -0.25) is 0 Å². The van der Waals surface area contributed by atoms with Crippen LogP contribution in [0.15, 0.2) is 65.8 Å². The SMILES string of the molecule is C=CCOc1c(/C=C2/N=C(c3ccccc3F)OC2=O)cccc1OC. The van der Waals surface area contributed by atoms with Crippen molar-refractivity contribution >= 4 is 17.9 Å². The van der Waals surface area contributed by atoms with Gasteiger partial charge in [-0.05, 0) is 24.3 Å². The van der Waals surface area contributed by atoms with Gasteiger partial charge < -0.3 is 14.2 Å². The van der Waals surface area contributed by atoms with E-state index in [1.165, 1.54) is 25.3 Å². The highest BCUT2D eigenvalue weighted by Gasteiger charge is 2.26. The highest BCUT2D eigenvalue weighted by atomic mass is 19.1. The van der Waals surface area contributed by atoms with E-state index < -0.39 is 11.8 Å². The Balaban J connectivity index is 2.01. The quantitative estimate of drug-likeness (QED) is 0.451. The number of rotatable bonds is 6. The van der Waals surface area contributed by atoms with Crippen molar-refractivity contribution < 1.29 is 23.4 Å². The Morgan fingerprint density at radius 2 is 2.04 bits per heavy atom. The van der Waals surface area contributed by atoms with E-state index >= 15 is 0 Å². The van der Waals surface area contributed by atoms with Crippen molar-refractivity contribution in [3.63, 3.8) is 0 Å². The lowest BCUT2D eigenvalue weighted by Crippen LogP contribution is -2.07. The molecule has 1 heterocycles. The van der Waals surface area contributed by atoms with Gasteiger partial charge in [0.2, 0.25) is 5.90 Å². The Morgan fingerprint density at radius 3 is 2.77 bits per heavy atom. The summed E-state index contributed by atoms with van der Waals surface area (Å²) in [6, 6.07) is 11.2. The van der Waals surface area contributed by atoms with Crippen molar-refractivity contribution in [3.05, 3.63) is 77.8 Å². The predicted octanol–water partition coefficient (Wildman–Crippen LogP) is 3.74. The average Bonchev–Trinajstić information content (AvgIpc) is 3.01. The summed E-state index contributed by atoms with van der Waals surface area (Å²) in [5, 5.41) is 0. The number of hydrogen-bond acceptors (Lipinski definition) is 5. The minimum absolute atomic E-state index is 0.0416. The standard InChI is InChI=1S/C20H16FNO4/c1-3-11-25-18-13(7-6-10-17(18)24-2)12-16-20(23)26-19(22-16)14-8-4-5-9-15(14)21/h3-10,12H,1,11H2,2H3/b16-12+. The van der Waals surface area contributed by atoms with Gasteiger partial charge in [-0.1, -0.05) is 36.9 Å². The van der Waals surface area contributed by atoms with E-state index in [9.17, 15) is 9.18 Å². The number of carbonyl (C=O) groups is 1. The molecule has 3 rings (SSSR count). The second-order valence-corrected chi connectivity index (χ2v) is 5.29. The molecule has 1 aliphatic rings. The molecule has 0 aliphatic carbocycles. The van der Waals surface area contributed by atoms with Crippen LogP contribution in [0.25, 0.3) is 6.08 Å². The third-order valence-electron chi connectivity index (χ3n) is 3.59. The van der Waals surface area contributed by atoms with Crippen molar-refractivity contribution in [2.45, 2.75) is 0 Å². The largest absolute Gasteiger partial charge is 0.493 e. The van der Waals surface area contributed by atoms with Crippen LogP contribution >= 0.6 is 0 Å². The van der Waals surface area contributed by atoms with Crippen molar-refractivity contribution in [3.8, 4) is 11.5 Å².